The summed E-state index contributed by atoms with van der Waals surface area (Å²) in [5.74, 6) is -0.0289. The largest absolute Gasteiger partial charge is 0.345 e. The van der Waals surface area contributed by atoms with Crippen molar-refractivity contribution in [2.45, 2.75) is 19.9 Å². The molecule has 18 heavy (non-hydrogen) atoms. The minimum atomic E-state index is -0.0289. The fourth-order valence-corrected chi connectivity index (χ4v) is 2.93. The summed E-state index contributed by atoms with van der Waals surface area (Å²) in [4.78, 5) is 12.7. The van der Waals surface area contributed by atoms with Crippen LogP contribution in [0.2, 0.25) is 0 Å². The van der Waals surface area contributed by atoms with Crippen LogP contribution in [0.4, 0.5) is 0 Å². The molecule has 2 aromatic rings. The summed E-state index contributed by atoms with van der Waals surface area (Å²) in [6.07, 6.45) is 0. The van der Waals surface area contributed by atoms with Crippen LogP contribution in [-0.2, 0) is 0 Å². The number of amides is 1. The highest BCUT2D eigenvalue weighted by atomic mass is 79.9. The van der Waals surface area contributed by atoms with Gasteiger partial charge in [-0.05, 0) is 47.5 Å². The predicted molar refractivity (Wildman–Crippen MR) is 79.1 cm³/mol. The number of aryl methyl sites for hydroxylation is 1. The van der Waals surface area contributed by atoms with Gasteiger partial charge in [-0.1, -0.05) is 29.8 Å². The second kappa shape index (κ2) is 5.67. The number of rotatable bonds is 3. The Morgan fingerprint density at radius 1 is 1.22 bits per heavy atom. The Hall–Kier alpha value is -1.13. The molecule has 0 bridgehead atoms. The minimum absolute atomic E-state index is 0.0129. The molecule has 1 aromatic heterocycles. The summed E-state index contributed by atoms with van der Waals surface area (Å²) in [5, 5.41) is 3.00. The number of thiophene rings is 1. The van der Waals surface area contributed by atoms with Gasteiger partial charge in [0.25, 0.3) is 5.91 Å². The Morgan fingerprint density at radius 2 is 1.89 bits per heavy atom. The fourth-order valence-electron chi connectivity index (χ4n) is 1.64. The Balaban J connectivity index is 2.05. The topological polar surface area (TPSA) is 29.1 Å². The molecule has 1 atom stereocenters. The average Bonchev–Trinajstić information content (AvgIpc) is 2.76. The maximum Gasteiger partial charge on any atom is 0.261 e. The van der Waals surface area contributed by atoms with Crippen LogP contribution in [0.5, 0.6) is 0 Å². The Kier molecular flexibility index (Phi) is 4.19. The molecule has 2 rings (SSSR count). The zero-order valence-corrected chi connectivity index (χ0v) is 12.6. The second-order valence-corrected chi connectivity index (χ2v) is 6.67. The van der Waals surface area contributed by atoms with Crippen LogP contribution >= 0.6 is 27.3 Å². The molecule has 1 amide bonds. The van der Waals surface area contributed by atoms with E-state index in [4.69, 9.17) is 0 Å². The molecule has 0 spiro atoms. The van der Waals surface area contributed by atoms with Gasteiger partial charge >= 0.3 is 0 Å². The Morgan fingerprint density at radius 3 is 2.44 bits per heavy atom. The van der Waals surface area contributed by atoms with Crippen molar-refractivity contribution >= 4 is 33.2 Å². The van der Waals surface area contributed by atoms with Gasteiger partial charge in [0.2, 0.25) is 0 Å². The number of hydrogen-bond acceptors (Lipinski definition) is 2. The van der Waals surface area contributed by atoms with Crippen LogP contribution in [0.1, 0.15) is 33.8 Å². The standard InChI is InChI=1S/C14H14BrNOS/c1-9-3-5-11(6-4-9)10(2)16-14(17)12-7-8-13(15)18-12/h3-8,10H,1-2H3,(H,16,17). The van der Waals surface area contributed by atoms with Gasteiger partial charge in [-0.3, -0.25) is 4.79 Å². The minimum Gasteiger partial charge on any atom is -0.345 e. The van der Waals surface area contributed by atoms with E-state index in [-0.39, 0.29) is 11.9 Å². The van der Waals surface area contributed by atoms with Gasteiger partial charge in [0.1, 0.15) is 0 Å². The van der Waals surface area contributed by atoms with Gasteiger partial charge in [-0.15, -0.1) is 11.3 Å². The summed E-state index contributed by atoms with van der Waals surface area (Å²) in [7, 11) is 0. The van der Waals surface area contributed by atoms with Crippen molar-refractivity contribution in [1.82, 2.24) is 5.32 Å². The first kappa shape index (κ1) is 13.3. The van der Waals surface area contributed by atoms with Crippen molar-refractivity contribution in [3.8, 4) is 0 Å². The van der Waals surface area contributed by atoms with Gasteiger partial charge < -0.3 is 5.32 Å². The third kappa shape index (κ3) is 3.21. The van der Waals surface area contributed by atoms with Gasteiger partial charge in [-0.25, -0.2) is 0 Å². The Labute approximate surface area is 119 Å². The first-order valence-electron chi connectivity index (χ1n) is 5.69. The molecule has 1 unspecified atom stereocenters. The van der Waals surface area contributed by atoms with E-state index < -0.39 is 0 Å². The van der Waals surface area contributed by atoms with E-state index in [1.807, 2.05) is 31.2 Å². The van der Waals surface area contributed by atoms with Crippen LogP contribution in [-0.4, -0.2) is 5.91 Å². The molecule has 1 N–H and O–H groups in total. The molecule has 0 aliphatic carbocycles. The van der Waals surface area contributed by atoms with E-state index in [0.717, 1.165) is 14.2 Å². The summed E-state index contributed by atoms with van der Waals surface area (Å²) < 4.78 is 0.968. The summed E-state index contributed by atoms with van der Waals surface area (Å²) in [6, 6.07) is 11.9. The van der Waals surface area contributed by atoms with Crippen molar-refractivity contribution < 1.29 is 4.79 Å². The van der Waals surface area contributed by atoms with Crippen molar-refractivity contribution in [2.75, 3.05) is 0 Å². The molecule has 1 aromatic carbocycles. The number of nitrogens with one attached hydrogen (secondary N) is 1. The second-order valence-electron chi connectivity index (χ2n) is 4.21. The predicted octanol–water partition coefficient (Wildman–Crippen LogP) is 4.31. The normalized spacial score (nSPS) is 12.2. The maximum absolute atomic E-state index is 12.0. The molecule has 0 saturated heterocycles. The summed E-state index contributed by atoms with van der Waals surface area (Å²) in [5.41, 5.74) is 2.34. The average molecular weight is 324 g/mol. The molecule has 0 fully saturated rings. The quantitative estimate of drug-likeness (QED) is 0.895. The van der Waals surface area contributed by atoms with Crippen LogP contribution < -0.4 is 5.32 Å². The molecule has 4 heteroatoms. The van der Waals surface area contributed by atoms with Crippen molar-refractivity contribution in [2.24, 2.45) is 0 Å². The van der Waals surface area contributed by atoms with Crippen molar-refractivity contribution in [1.29, 1.82) is 0 Å². The summed E-state index contributed by atoms with van der Waals surface area (Å²) >= 11 is 4.80. The number of carbonyl (C=O) groups is 1. The molecule has 0 radical (unpaired) electrons. The Bertz CT molecular complexity index is 547. The van der Waals surface area contributed by atoms with Crippen molar-refractivity contribution in [3.05, 3.63) is 56.2 Å². The first-order valence-corrected chi connectivity index (χ1v) is 7.30. The highest BCUT2D eigenvalue weighted by Gasteiger charge is 2.12. The molecule has 0 aliphatic heterocycles. The molecule has 94 valence electrons. The molecular formula is C14H14BrNOS. The van der Waals surface area contributed by atoms with E-state index in [0.29, 0.717) is 0 Å². The number of benzene rings is 1. The molecule has 0 saturated carbocycles. The lowest BCUT2D eigenvalue weighted by molar-refractivity contribution is 0.0944. The monoisotopic (exact) mass is 323 g/mol. The van der Waals surface area contributed by atoms with Crippen LogP contribution in [0.15, 0.2) is 40.2 Å². The third-order valence-electron chi connectivity index (χ3n) is 2.72. The maximum atomic E-state index is 12.0. The number of carbonyl (C=O) groups excluding carboxylic acids is 1. The molecule has 1 heterocycles. The lowest BCUT2D eigenvalue weighted by Gasteiger charge is -2.13. The van der Waals surface area contributed by atoms with E-state index in [1.54, 1.807) is 0 Å². The highest BCUT2D eigenvalue weighted by molar-refractivity contribution is 9.11. The van der Waals surface area contributed by atoms with E-state index in [1.165, 1.54) is 16.9 Å². The van der Waals surface area contributed by atoms with Crippen LogP contribution in [0, 0.1) is 6.92 Å². The lowest BCUT2D eigenvalue weighted by atomic mass is 10.1. The zero-order chi connectivity index (χ0) is 13.1. The summed E-state index contributed by atoms with van der Waals surface area (Å²) in [6.45, 7) is 4.04. The number of halogens is 1. The molecule has 2 nitrogen and oxygen atoms in total. The van der Waals surface area contributed by atoms with Gasteiger partial charge in [-0.2, -0.15) is 0 Å². The third-order valence-corrected chi connectivity index (χ3v) is 4.34. The van der Waals surface area contributed by atoms with Gasteiger partial charge in [0.05, 0.1) is 14.7 Å². The highest BCUT2D eigenvalue weighted by Crippen LogP contribution is 2.23. The van der Waals surface area contributed by atoms with E-state index >= 15 is 0 Å². The first-order chi connectivity index (χ1) is 8.56. The SMILES string of the molecule is Cc1ccc(C(C)NC(=O)c2ccc(Br)s2)cc1. The van der Waals surface area contributed by atoms with E-state index in [2.05, 4.69) is 40.3 Å². The molecular weight excluding hydrogens is 310 g/mol. The van der Waals surface area contributed by atoms with Crippen LogP contribution in [0.25, 0.3) is 0 Å². The number of hydrogen-bond donors (Lipinski definition) is 1. The fraction of sp³-hybridized carbons (Fsp3) is 0.214. The van der Waals surface area contributed by atoms with Crippen LogP contribution in [0.3, 0.4) is 0 Å². The smallest absolute Gasteiger partial charge is 0.261 e. The lowest BCUT2D eigenvalue weighted by Crippen LogP contribution is -2.25. The van der Waals surface area contributed by atoms with Gasteiger partial charge in [0, 0.05) is 0 Å². The molecule has 0 aliphatic rings. The van der Waals surface area contributed by atoms with Crippen molar-refractivity contribution in [3.63, 3.8) is 0 Å². The van der Waals surface area contributed by atoms with E-state index in [9.17, 15) is 4.79 Å². The van der Waals surface area contributed by atoms with Gasteiger partial charge in [0.15, 0.2) is 0 Å². The zero-order valence-electron chi connectivity index (χ0n) is 10.2.